The van der Waals surface area contributed by atoms with E-state index in [0.717, 1.165) is 25.9 Å². The lowest BCUT2D eigenvalue weighted by Crippen LogP contribution is -2.51. The van der Waals surface area contributed by atoms with Gasteiger partial charge in [-0.3, -0.25) is 9.69 Å². The smallest absolute Gasteiger partial charge is 0.322 e. The summed E-state index contributed by atoms with van der Waals surface area (Å²) in [6.07, 6.45) is 1.53. The van der Waals surface area contributed by atoms with E-state index in [1.165, 1.54) is 16.2 Å². The first-order valence-electron chi connectivity index (χ1n) is 5.57. The van der Waals surface area contributed by atoms with Gasteiger partial charge in [0.05, 0.1) is 4.88 Å². The minimum atomic E-state index is -0.657. The number of primary amides is 1. The van der Waals surface area contributed by atoms with E-state index in [0.29, 0.717) is 4.88 Å². The summed E-state index contributed by atoms with van der Waals surface area (Å²) < 4.78 is 0. The number of imide groups is 1. The van der Waals surface area contributed by atoms with Crippen LogP contribution in [-0.4, -0.2) is 36.0 Å². The van der Waals surface area contributed by atoms with Gasteiger partial charge in [-0.2, -0.15) is 0 Å². The Bertz CT molecular complexity index is 399. The van der Waals surface area contributed by atoms with Crippen molar-refractivity contribution in [1.82, 2.24) is 10.2 Å². The molecule has 1 aromatic rings. The maximum Gasteiger partial charge on any atom is 0.322 e. The molecule has 0 saturated carbocycles. The second kappa shape index (κ2) is 5.29. The van der Waals surface area contributed by atoms with Gasteiger partial charge in [-0.05, 0) is 37.4 Å². The predicted octanol–water partition coefficient (Wildman–Crippen LogP) is 1.02. The molecule has 1 aliphatic rings. The lowest BCUT2D eigenvalue weighted by molar-refractivity contribution is 0.0730. The average molecular weight is 253 g/mol. The van der Waals surface area contributed by atoms with Gasteiger partial charge in [-0.25, -0.2) is 4.79 Å². The summed E-state index contributed by atoms with van der Waals surface area (Å²) in [5.74, 6) is -0.278. The van der Waals surface area contributed by atoms with Crippen molar-refractivity contribution in [3.05, 3.63) is 22.4 Å². The van der Waals surface area contributed by atoms with Gasteiger partial charge in [0.25, 0.3) is 5.91 Å². The summed E-state index contributed by atoms with van der Waals surface area (Å²) in [4.78, 5) is 25.4. The van der Waals surface area contributed by atoms with E-state index < -0.39 is 6.03 Å². The predicted molar refractivity (Wildman–Crippen MR) is 66.0 cm³/mol. The number of nitrogens with zero attached hydrogens (tertiary/aromatic N) is 1. The molecule has 1 saturated heterocycles. The number of nitrogens with two attached hydrogens (primary N) is 1. The van der Waals surface area contributed by atoms with Crippen molar-refractivity contribution in [2.45, 2.75) is 18.9 Å². The quantitative estimate of drug-likeness (QED) is 0.826. The molecule has 5 nitrogen and oxygen atoms in total. The molecular formula is C11H15N3O2S. The first kappa shape index (κ1) is 12.1. The van der Waals surface area contributed by atoms with Crippen LogP contribution < -0.4 is 11.1 Å². The minimum absolute atomic E-state index is 0.0802. The van der Waals surface area contributed by atoms with Crippen LogP contribution in [-0.2, 0) is 0 Å². The van der Waals surface area contributed by atoms with E-state index in [-0.39, 0.29) is 11.9 Å². The molecule has 0 spiro atoms. The molecule has 1 aromatic heterocycles. The zero-order chi connectivity index (χ0) is 12.3. The van der Waals surface area contributed by atoms with E-state index in [1.54, 1.807) is 12.1 Å². The Morgan fingerprint density at radius 2 is 2.12 bits per heavy atom. The van der Waals surface area contributed by atoms with Crippen LogP contribution in [0.25, 0.3) is 0 Å². The van der Waals surface area contributed by atoms with Gasteiger partial charge in [0.1, 0.15) is 0 Å². The second-order valence-corrected chi connectivity index (χ2v) is 4.92. The largest absolute Gasteiger partial charge is 0.351 e. The van der Waals surface area contributed by atoms with Gasteiger partial charge in [0.15, 0.2) is 0 Å². The minimum Gasteiger partial charge on any atom is -0.351 e. The highest BCUT2D eigenvalue weighted by Crippen LogP contribution is 2.18. The van der Waals surface area contributed by atoms with Crippen molar-refractivity contribution < 1.29 is 9.59 Å². The molecule has 0 aliphatic carbocycles. The zero-order valence-corrected chi connectivity index (χ0v) is 10.2. The van der Waals surface area contributed by atoms with Crippen LogP contribution in [0, 0.1) is 0 Å². The fraction of sp³-hybridized carbons (Fsp3) is 0.455. The van der Waals surface area contributed by atoms with E-state index in [4.69, 9.17) is 5.73 Å². The van der Waals surface area contributed by atoms with E-state index in [9.17, 15) is 9.59 Å². The van der Waals surface area contributed by atoms with Gasteiger partial charge in [0, 0.05) is 6.04 Å². The van der Waals surface area contributed by atoms with Crippen LogP contribution in [0.5, 0.6) is 0 Å². The Morgan fingerprint density at radius 1 is 1.41 bits per heavy atom. The molecule has 0 unspecified atom stereocenters. The highest BCUT2D eigenvalue weighted by atomic mass is 32.1. The van der Waals surface area contributed by atoms with Gasteiger partial charge in [-0.15, -0.1) is 11.3 Å². The van der Waals surface area contributed by atoms with E-state index in [1.807, 2.05) is 5.38 Å². The molecule has 2 heterocycles. The fourth-order valence-corrected chi connectivity index (χ4v) is 2.69. The number of carbonyl (C=O) groups excluding carboxylic acids is 2. The number of nitrogens with one attached hydrogen (secondary N) is 1. The molecule has 1 aliphatic heterocycles. The summed E-state index contributed by atoms with van der Waals surface area (Å²) in [5, 5.41) is 5.01. The summed E-state index contributed by atoms with van der Waals surface area (Å²) in [6.45, 7) is 1.62. The van der Waals surface area contributed by atoms with Crippen molar-refractivity contribution >= 4 is 23.3 Å². The normalized spacial score (nSPS) is 16.7. The number of urea groups is 1. The molecule has 92 valence electrons. The Kier molecular flexibility index (Phi) is 3.75. The Labute approximate surface area is 104 Å². The van der Waals surface area contributed by atoms with Crippen LogP contribution in [0.3, 0.4) is 0 Å². The second-order valence-electron chi connectivity index (χ2n) is 3.97. The third-order valence-electron chi connectivity index (χ3n) is 2.86. The number of rotatable bonds is 2. The summed E-state index contributed by atoms with van der Waals surface area (Å²) in [5.41, 5.74) is 5.32. The van der Waals surface area contributed by atoms with Crippen molar-refractivity contribution in [2.75, 3.05) is 13.1 Å². The van der Waals surface area contributed by atoms with Crippen LogP contribution in [0.15, 0.2) is 17.5 Å². The first-order valence-corrected chi connectivity index (χ1v) is 6.45. The molecule has 3 amide bonds. The Hall–Kier alpha value is -1.40. The number of carbonyl (C=O) groups is 2. The van der Waals surface area contributed by atoms with Gasteiger partial charge < -0.3 is 11.1 Å². The van der Waals surface area contributed by atoms with E-state index >= 15 is 0 Å². The number of thiophene rings is 1. The average Bonchev–Trinajstić information content (AvgIpc) is 2.83. The molecule has 1 fully saturated rings. The molecule has 17 heavy (non-hydrogen) atoms. The van der Waals surface area contributed by atoms with Gasteiger partial charge >= 0.3 is 6.03 Å². The van der Waals surface area contributed by atoms with Crippen LogP contribution in [0.1, 0.15) is 22.5 Å². The first-order chi connectivity index (χ1) is 8.20. The molecule has 2 rings (SSSR count). The number of piperidine rings is 1. The standard InChI is InChI=1S/C11H15N3O2S/c12-11(16)14(8-3-5-13-6-4-8)10(15)9-2-1-7-17-9/h1-2,7-8,13H,3-6H2,(H2,12,16). The van der Waals surface area contributed by atoms with Crippen LogP contribution in [0.2, 0.25) is 0 Å². The van der Waals surface area contributed by atoms with Crippen molar-refractivity contribution in [1.29, 1.82) is 0 Å². The zero-order valence-electron chi connectivity index (χ0n) is 9.39. The van der Waals surface area contributed by atoms with Crippen molar-refractivity contribution in [3.8, 4) is 0 Å². The highest BCUT2D eigenvalue weighted by molar-refractivity contribution is 7.12. The fourth-order valence-electron chi connectivity index (χ4n) is 2.03. The third kappa shape index (κ3) is 2.65. The lowest BCUT2D eigenvalue weighted by Gasteiger charge is -2.31. The molecule has 0 atom stereocenters. The van der Waals surface area contributed by atoms with Gasteiger partial charge in [-0.1, -0.05) is 6.07 Å². The Morgan fingerprint density at radius 3 is 2.65 bits per heavy atom. The molecule has 3 N–H and O–H groups in total. The SMILES string of the molecule is NC(=O)N(C(=O)c1cccs1)C1CCNCC1. The topological polar surface area (TPSA) is 75.4 Å². The van der Waals surface area contributed by atoms with Gasteiger partial charge in [0.2, 0.25) is 0 Å². The van der Waals surface area contributed by atoms with Crippen LogP contribution in [0.4, 0.5) is 4.79 Å². The highest BCUT2D eigenvalue weighted by Gasteiger charge is 2.30. The van der Waals surface area contributed by atoms with E-state index in [2.05, 4.69) is 5.32 Å². The summed E-state index contributed by atoms with van der Waals surface area (Å²) in [7, 11) is 0. The maximum atomic E-state index is 12.2. The molecule has 6 heteroatoms. The Balaban J connectivity index is 2.16. The van der Waals surface area contributed by atoms with Crippen molar-refractivity contribution in [3.63, 3.8) is 0 Å². The number of amides is 3. The molecule has 0 aromatic carbocycles. The molecular weight excluding hydrogens is 238 g/mol. The van der Waals surface area contributed by atoms with Crippen LogP contribution >= 0.6 is 11.3 Å². The maximum absolute atomic E-state index is 12.2. The molecule has 0 bridgehead atoms. The lowest BCUT2D eigenvalue weighted by atomic mass is 10.0. The number of hydrogen-bond acceptors (Lipinski definition) is 4. The van der Waals surface area contributed by atoms with Crippen molar-refractivity contribution in [2.24, 2.45) is 5.73 Å². The summed E-state index contributed by atoms with van der Waals surface area (Å²) in [6, 6.07) is 2.77. The molecule has 0 radical (unpaired) electrons. The third-order valence-corrected chi connectivity index (χ3v) is 3.72. The summed E-state index contributed by atoms with van der Waals surface area (Å²) >= 11 is 1.33. The monoisotopic (exact) mass is 253 g/mol. The number of hydrogen-bond donors (Lipinski definition) is 2.